The summed E-state index contributed by atoms with van der Waals surface area (Å²) in [6.07, 6.45) is -4.41. The highest BCUT2D eigenvalue weighted by Gasteiger charge is 2.41. The number of aryl methyl sites for hydroxylation is 1. The van der Waals surface area contributed by atoms with Gasteiger partial charge in [0.1, 0.15) is 5.54 Å². The number of carbonyl (C=O) groups excluding carboxylic acids is 1. The first-order chi connectivity index (χ1) is 9.20. The van der Waals surface area contributed by atoms with E-state index in [9.17, 15) is 18.0 Å². The van der Waals surface area contributed by atoms with E-state index in [2.05, 4.69) is 5.32 Å². The van der Waals surface area contributed by atoms with Crippen LogP contribution in [0.1, 0.15) is 25.0 Å². The van der Waals surface area contributed by atoms with Gasteiger partial charge in [-0.1, -0.05) is 24.3 Å². The molecule has 1 unspecified atom stereocenters. The maximum atomic E-state index is 12.4. The van der Waals surface area contributed by atoms with Gasteiger partial charge >= 0.3 is 12.1 Å². The van der Waals surface area contributed by atoms with Gasteiger partial charge in [0, 0.05) is 0 Å². The second kappa shape index (κ2) is 6.26. The van der Waals surface area contributed by atoms with Gasteiger partial charge < -0.3 is 4.74 Å². The highest BCUT2D eigenvalue weighted by Crippen LogP contribution is 2.27. The molecule has 0 saturated heterocycles. The number of hydrogen-bond donors (Lipinski definition) is 1. The topological polar surface area (TPSA) is 38.3 Å². The summed E-state index contributed by atoms with van der Waals surface area (Å²) in [6.45, 7) is 3.59. The molecule has 0 aliphatic rings. The van der Waals surface area contributed by atoms with Crippen molar-refractivity contribution in [3.05, 3.63) is 35.4 Å². The molecule has 0 aliphatic heterocycles. The normalized spacial score (nSPS) is 14.7. The molecule has 0 aromatic heterocycles. The SMILES string of the molecule is CCOC(=O)C(C)(NCC(F)(F)F)c1ccccc1C. The van der Waals surface area contributed by atoms with Gasteiger partial charge in [0.25, 0.3) is 0 Å². The van der Waals surface area contributed by atoms with Crippen molar-refractivity contribution in [2.75, 3.05) is 13.2 Å². The van der Waals surface area contributed by atoms with E-state index < -0.39 is 24.2 Å². The quantitative estimate of drug-likeness (QED) is 0.847. The number of benzene rings is 1. The molecule has 3 nitrogen and oxygen atoms in total. The van der Waals surface area contributed by atoms with Gasteiger partial charge in [-0.25, -0.2) is 4.79 Å². The van der Waals surface area contributed by atoms with Gasteiger partial charge in [-0.2, -0.15) is 13.2 Å². The zero-order valence-electron chi connectivity index (χ0n) is 11.7. The number of halogens is 3. The Balaban J connectivity index is 3.14. The number of ether oxygens (including phenoxy) is 1. The van der Waals surface area contributed by atoms with Crippen LogP contribution in [0.25, 0.3) is 0 Å². The molecule has 112 valence electrons. The Kier molecular flexibility index (Phi) is 5.16. The molecule has 1 aromatic carbocycles. The van der Waals surface area contributed by atoms with Crippen LogP contribution in [0.5, 0.6) is 0 Å². The molecule has 0 spiro atoms. The van der Waals surface area contributed by atoms with Crippen LogP contribution in [0, 0.1) is 6.92 Å². The molecular weight excluding hydrogens is 271 g/mol. The number of rotatable bonds is 5. The van der Waals surface area contributed by atoms with Crippen molar-refractivity contribution in [3.8, 4) is 0 Å². The van der Waals surface area contributed by atoms with Crippen molar-refractivity contribution in [3.63, 3.8) is 0 Å². The monoisotopic (exact) mass is 289 g/mol. The third-order valence-corrected chi connectivity index (χ3v) is 3.01. The molecular formula is C14H18F3NO2. The van der Waals surface area contributed by atoms with E-state index in [1.165, 1.54) is 6.92 Å². The van der Waals surface area contributed by atoms with Crippen LogP contribution in [-0.2, 0) is 15.1 Å². The summed E-state index contributed by atoms with van der Waals surface area (Å²) in [5.74, 6) is -0.724. The second-order valence-electron chi connectivity index (χ2n) is 4.63. The van der Waals surface area contributed by atoms with Crippen LogP contribution in [0.15, 0.2) is 24.3 Å². The minimum atomic E-state index is -4.41. The fourth-order valence-corrected chi connectivity index (χ4v) is 1.96. The maximum Gasteiger partial charge on any atom is 0.401 e. The molecule has 6 heteroatoms. The minimum Gasteiger partial charge on any atom is -0.464 e. The van der Waals surface area contributed by atoms with Crippen molar-refractivity contribution in [2.24, 2.45) is 0 Å². The summed E-state index contributed by atoms with van der Waals surface area (Å²) >= 11 is 0. The fourth-order valence-electron chi connectivity index (χ4n) is 1.96. The molecule has 0 bridgehead atoms. The Labute approximate surface area is 116 Å². The van der Waals surface area contributed by atoms with E-state index in [4.69, 9.17) is 4.74 Å². The van der Waals surface area contributed by atoms with E-state index in [0.717, 1.165) is 5.56 Å². The zero-order valence-corrected chi connectivity index (χ0v) is 11.7. The van der Waals surface area contributed by atoms with Gasteiger partial charge in [0.15, 0.2) is 0 Å². The maximum absolute atomic E-state index is 12.4. The largest absolute Gasteiger partial charge is 0.464 e. The first-order valence-electron chi connectivity index (χ1n) is 6.26. The number of esters is 1. The summed E-state index contributed by atoms with van der Waals surface area (Å²) in [6, 6.07) is 6.79. The minimum absolute atomic E-state index is 0.105. The number of nitrogens with one attached hydrogen (secondary N) is 1. The van der Waals surface area contributed by atoms with Crippen molar-refractivity contribution in [1.29, 1.82) is 0 Å². The van der Waals surface area contributed by atoms with Crippen LogP contribution < -0.4 is 5.32 Å². The van der Waals surface area contributed by atoms with Crippen molar-refractivity contribution in [2.45, 2.75) is 32.5 Å². The molecule has 0 aliphatic carbocycles. The van der Waals surface area contributed by atoms with Gasteiger partial charge in [-0.3, -0.25) is 5.32 Å². The predicted octanol–water partition coefficient (Wildman–Crippen LogP) is 2.93. The lowest BCUT2D eigenvalue weighted by Crippen LogP contribution is -2.51. The standard InChI is InChI=1S/C14H18F3NO2/c1-4-20-12(19)13(3,18-9-14(15,16)17)11-8-6-5-7-10(11)2/h5-8,18H,4,9H2,1-3H3. The van der Waals surface area contributed by atoms with Crippen LogP contribution in [-0.4, -0.2) is 25.3 Å². The Hall–Kier alpha value is -1.56. The van der Waals surface area contributed by atoms with Crippen molar-refractivity contribution >= 4 is 5.97 Å². The first-order valence-corrected chi connectivity index (χ1v) is 6.26. The molecule has 20 heavy (non-hydrogen) atoms. The molecule has 0 saturated carbocycles. The van der Waals surface area contributed by atoms with E-state index >= 15 is 0 Å². The lowest BCUT2D eigenvalue weighted by atomic mass is 9.88. The summed E-state index contributed by atoms with van der Waals surface area (Å²) < 4.78 is 42.2. The van der Waals surface area contributed by atoms with Crippen LogP contribution >= 0.6 is 0 Å². The Morgan fingerprint density at radius 1 is 1.30 bits per heavy atom. The first kappa shape index (κ1) is 16.5. The Morgan fingerprint density at radius 2 is 1.90 bits per heavy atom. The molecule has 1 N–H and O–H groups in total. The van der Waals surface area contributed by atoms with Crippen LogP contribution in [0.2, 0.25) is 0 Å². The van der Waals surface area contributed by atoms with Crippen LogP contribution in [0.4, 0.5) is 13.2 Å². The Bertz CT molecular complexity index is 474. The fraction of sp³-hybridized carbons (Fsp3) is 0.500. The van der Waals surface area contributed by atoms with Crippen LogP contribution in [0.3, 0.4) is 0 Å². The second-order valence-corrected chi connectivity index (χ2v) is 4.63. The smallest absolute Gasteiger partial charge is 0.401 e. The van der Waals surface area contributed by atoms with Gasteiger partial charge in [0.05, 0.1) is 13.2 Å². The molecule has 1 atom stereocenters. The van der Waals surface area contributed by atoms with E-state index in [1.807, 2.05) is 0 Å². The van der Waals surface area contributed by atoms with Crippen molar-refractivity contribution < 1.29 is 22.7 Å². The summed E-state index contributed by atoms with van der Waals surface area (Å²) in [4.78, 5) is 12.1. The average molecular weight is 289 g/mol. The summed E-state index contributed by atoms with van der Waals surface area (Å²) in [7, 11) is 0. The number of alkyl halides is 3. The zero-order chi connectivity index (χ0) is 15.4. The lowest BCUT2D eigenvalue weighted by Gasteiger charge is -2.30. The average Bonchev–Trinajstić information content (AvgIpc) is 2.36. The predicted molar refractivity (Wildman–Crippen MR) is 69.2 cm³/mol. The highest BCUT2D eigenvalue weighted by molar-refractivity contribution is 5.82. The van der Waals surface area contributed by atoms with E-state index in [-0.39, 0.29) is 6.61 Å². The molecule has 1 aromatic rings. The molecule has 0 amide bonds. The summed E-state index contributed by atoms with van der Waals surface area (Å²) in [5, 5.41) is 2.28. The lowest BCUT2D eigenvalue weighted by molar-refractivity contribution is -0.155. The van der Waals surface area contributed by atoms with Gasteiger partial charge in [-0.15, -0.1) is 0 Å². The summed E-state index contributed by atoms with van der Waals surface area (Å²) in [5.41, 5.74) is -0.336. The van der Waals surface area contributed by atoms with Gasteiger partial charge in [-0.05, 0) is 31.9 Å². The van der Waals surface area contributed by atoms with Crippen molar-refractivity contribution in [1.82, 2.24) is 5.32 Å². The molecule has 1 rings (SSSR count). The van der Waals surface area contributed by atoms with E-state index in [1.54, 1.807) is 38.1 Å². The number of hydrogen-bond acceptors (Lipinski definition) is 3. The third kappa shape index (κ3) is 3.96. The molecule has 0 radical (unpaired) electrons. The van der Waals surface area contributed by atoms with E-state index in [0.29, 0.717) is 5.56 Å². The molecule has 0 fully saturated rings. The van der Waals surface area contributed by atoms with Gasteiger partial charge in [0.2, 0.25) is 0 Å². The Morgan fingerprint density at radius 3 is 2.40 bits per heavy atom. The molecule has 0 heterocycles. The highest BCUT2D eigenvalue weighted by atomic mass is 19.4. The number of carbonyl (C=O) groups is 1. The third-order valence-electron chi connectivity index (χ3n) is 3.01.